The van der Waals surface area contributed by atoms with E-state index in [4.69, 9.17) is 5.11 Å². The van der Waals surface area contributed by atoms with Crippen LogP contribution in [0.25, 0.3) is 0 Å². The van der Waals surface area contributed by atoms with E-state index in [9.17, 15) is 4.79 Å². The molecule has 1 fully saturated rings. The highest BCUT2D eigenvalue weighted by atomic mass is 16.3. The zero-order valence-electron chi connectivity index (χ0n) is 4.71. The summed E-state index contributed by atoms with van der Waals surface area (Å²) in [5.41, 5.74) is 0. The van der Waals surface area contributed by atoms with Gasteiger partial charge in [-0.25, -0.2) is 0 Å². The lowest BCUT2D eigenvalue weighted by molar-refractivity contribution is -0.118. The van der Waals surface area contributed by atoms with Gasteiger partial charge in [-0.1, -0.05) is 6.42 Å². The van der Waals surface area contributed by atoms with E-state index < -0.39 is 6.10 Å². The fourth-order valence-electron chi connectivity index (χ4n) is 0.892. The molecule has 1 aliphatic carbocycles. The molecular weight excluding hydrogens is 104 g/mol. The second-order valence-electron chi connectivity index (χ2n) is 2.32. The SMILES string of the molecule is O=CC(O)C1CCC1. The highest BCUT2D eigenvalue weighted by Crippen LogP contribution is 2.28. The first kappa shape index (κ1) is 5.76. The first-order valence-corrected chi connectivity index (χ1v) is 2.98. The number of carbonyl (C=O) groups is 1. The summed E-state index contributed by atoms with van der Waals surface area (Å²) in [7, 11) is 0. The molecule has 0 bridgehead atoms. The summed E-state index contributed by atoms with van der Waals surface area (Å²) >= 11 is 0. The van der Waals surface area contributed by atoms with Gasteiger partial charge in [0.25, 0.3) is 0 Å². The molecule has 1 unspecified atom stereocenters. The van der Waals surface area contributed by atoms with Crippen LogP contribution in [0.15, 0.2) is 0 Å². The molecule has 0 aliphatic heterocycles. The number of hydrogen-bond acceptors (Lipinski definition) is 2. The number of aldehydes is 1. The molecule has 1 aliphatic rings. The van der Waals surface area contributed by atoms with Crippen LogP contribution in [-0.2, 0) is 4.79 Å². The summed E-state index contributed by atoms with van der Waals surface area (Å²) < 4.78 is 0. The Kier molecular flexibility index (Phi) is 1.63. The number of carbonyl (C=O) groups excluding carboxylic acids is 1. The van der Waals surface area contributed by atoms with Gasteiger partial charge < -0.3 is 9.90 Å². The number of hydrogen-bond donors (Lipinski definition) is 1. The summed E-state index contributed by atoms with van der Waals surface area (Å²) in [5.74, 6) is 0.285. The van der Waals surface area contributed by atoms with Crippen molar-refractivity contribution in [3.8, 4) is 0 Å². The zero-order chi connectivity index (χ0) is 5.98. The Bertz CT molecular complexity index is 86.5. The van der Waals surface area contributed by atoms with E-state index in [0.717, 1.165) is 12.8 Å². The minimum atomic E-state index is -0.677. The zero-order valence-corrected chi connectivity index (χ0v) is 4.71. The van der Waals surface area contributed by atoms with Gasteiger partial charge >= 0.3 is 0 Å². The quantitative estimate of drug-likeness (QED) is 0.526. The molecule has 1 N–H and O–H groups in total. The molecular formula is C6H10O2. The normalized spacial score (nSPS) is 24.1. The van der Waals surface area contributed by atoms with Crippen LogP contribution in [0.1, 0.15) is 19.3 Å². The molecule has 1 saturated carbocycles. The van der Waals surface area contributed by atoms with Crippen LogP contribution < -0.4 is 0 Å². The van der Waals surface area contributed by atoms with Crippen molar-refractivity contribution in [2.45, 2.75) is 25.4 Å². The highest BCUT2D eigenvalue weighted by molar-refractivity contribution is 5.56. The standard InChI is InChI=1S/C6H10O2/c7-4-6(8)5-2-1-3-5/h4-6,8H,1-3H2. The van der Waals surface area contributed by atoms with E-state index >= 15 is 0 Å². The summed E-state index contributed by atoms with van der Waals surface area (Å²) in [6, 6.07) is 0. The van der Waals surface area contributed by atoms with Gasteiger partial charge in [0, 0.05) is 0 Å². The topological polar surface area (TPSA) is 37.3 Å². The molecule has 0 amide bonds. The Morgan fingerprint density at radius 3 is 2.38 bits per heavy atom. The summed E-state index contributed by atoms with van der Waals surface area (Å²) in [5, 5.41) is 8.81. The lowest BCUT2D eigenvalue weighted by atomic mass is 9.82. The fraction of sp³-hybridized carbons (Fsp3) is 0.833. The molecule has 0 heterocycles. The molecule has 0 aromatic carbocycles. The predicted molar refractivity (Wildman–Crippen MR) is 29.4 cm³/mol. The maximum atomic E-state index is 9.89. The molecule has 0 aromatic rings. The summed E-state index contributed by atoms with van der Waals surface area (Å²) in [6.07, 6.45) is 3.18. The van der Waals surface area contributed by atoms with Crippen LogP contribution in [0.3, 0.4) is 0 Å². The van der Waals surface area contributed by atoms with Crippen LogP contribution in [0, 0.1) is 5.92 Å². The second-order valence-corrected chi connectivity index (χ2v) is 2.32. The van der Waals surface area contributed by atoms with Gasteiger partial charge in [-0.15, -0.1) is 0 Å². The Labute approximate surface area is 48.5 Å². The van der Waals surface area contributed by atoms with Gasteiger partial charge in [-0.3, -0.25) is 0 Å². The molecule has 0 radical (unpaired) electrons. The largest absolute Gasteiger partial charge is 0.385 e. The van der Waals surface area contributed by atoms with Crippen LogP contribution in [0.4, 0.5) is 0 Å². The molecule has 2 nitrogen and oxygen atoms in total. The van der Waals surface area contributed by atoms with Crippen molar-refractivity contribution in [2.75, 3.05) is 0 Å². The van der Waals surface area contributed by atoms with Gasteiger partial charge in [-0.05, 0) is 18.8 Å². The van der Waals surface area contributed by atoms with Crippen molar-refractivity contribution in [3.05, 3.63) is 0 Å². The Hall–Kier alpha value is -0.370. The second kappa shape index (κ2) is 2.27. The van der Waals surface area contributed by atoms with E-state index in [2.05, 4.69) is 0 Å². The third kappa shape index (κ3) is 0.892. The van der Waals surface area contributed by atoms with Crippen LogP contribution >= 0.6 is 0 Å². The summed E-state index contributed by atoms with van der Waals surface area (Å²) in [6.45, 7) is 0. The van der Waals surface area contributed by atoms with Crippen molar-refractivity contribution in [2.24, 2.45) is 5.92 Å². The van der Waals surface area contributed by atoms with E-state index in [1.54, 1.807) is 0 Å². The first-order valence-electron chi connectivity index (χ1n) is 2.98. The van der Waals surface area contributed by atoms with Crippen molar-refractivity contribution in [1.29, 1.82) is 0 Å². The molecule has 0 spiro atoms. The predicted octanol–water partition coefficient (Wildman–Crippen LogP) is 0.346. The van der Waals surface area contributed by atoms with Crippen LogP contribution in [0.2, 0.25) is 0 Å². The third-order valence-electron chi connectivity index (χ3n) is 1.77. The Balaban J connectivity index is 2.22. The van der Waals surface area contributed by atoms with E-state index in [-0.39, 0.29) is 5.92 Å². The van der Waals surface area contributed by atoms with Crippen molar-refractivity contribution in [1.82, 2.24) is 0 Å². The average molecular weight is 114 g/mol. The molecule has 46 valence electrons. The van der Waals surface area contributed by atoms with Gasteiger partial charge in [-0.2, -0.15) is 0 Å². The van der Waals surface area contributed by atoms with E-state index in [0.29, 0.717) is 6.29 Å². The van der Waals surface area contributed by atoms with Crippen molar-refractivity contribution < 1.29 is 9.90 Å². The number of aliphatic hydroxyl groups is 1. The third-order valence-corrected chi connectivity index (χ3v) is 1.77. The van der Waals surface area contributed by atoms with Crippen LogP contribution in [-0.4, -0.2) is 17.5 Å². The van der Waals surface area contributed by atoms with E-state index in [1.807, 2.05) is 0 Å². The Morgan fingerprint density at radius 1 is 1.62 bits per heavy atom. The minimum absolute atomic E-state index is 0.285. The number of rotatable bonds is 2. The lowest BCUT2D eigenvalue weighted by Crippen LogP contribution is -2.27. The first-order chi connectivity index (χ1) is 3.84. The summed E-state index contributed by atoms with van der Waals surface area (Å²) in [4.78, 5) is 9.89. The maximum absolute atomic E-state index is 9.89. The fourth-order valence-corrected chi connectivity index (χ4v) is 0.892. The molecule has 2 heteroatoms. The Morgan fingerprint density at radius 2 is 2.25 bits per heavy atom. The molecule has 1 atom stereocenters. The van der Waals surface area contributed by atoms with E-state index in [1.165, 1.54) is 6.42 Å². The molecule has 1 rings (SSSR count). The molecule has 0 aromatic heterocycles. The van der Waals surface area contributed by atoms with Gasteiger partial charge in [0.2, 0.25) is 0 Å². The minimum Gasteiger partial charge on any atom is -0.385 e. The monoisotopic (exact) mass is 114 g/mol. The maximum Gasteiger partial charge on any atom is 0.148 e. The van der Waals surface area contributed by atoms with Crippen molar-refractivity contribution >= 4 is 6.29 Å². The lowest BCUT2D eigenvalue weighted by Gasteiger charge is -2.26. The molecule has 0 saturated heterocycles. The van der Waals surface area contributed by atoms with Crippen LogP contribution in [0.5, 0.6) is 0 Å². The smallest absolute Gasteiger partial charge is 0.148 e. The highest BCUT2D eigenvalue weighted by Gasteiger charge is 2.24. The molecule has 8 heavy (non-hydrogen) atoms. The van der Waals surface area contributed by atoms with Gasteiger partial charge in [0.15, 0.2) is 0 Å². The van der Waals surface area contributed by atoms with Gasteiger partial charge in [0.05, 0.1) is 0 Å². The van der Waals surface area contributed by atoms with Gasteiger partial charge in [0.1, 0.15) is 12.4 Å². The van der Waals surface area contributed by atoms with Crippen molar-refractivity contribution in [3.63, 3.8) is 0 Å². The number of aliphatic hydroxyl groups excluding tert-OH is 1. The average Bonchev–Trinajstić information content (AvgIpc) is 1.62.